The third-order valence-corrected chi connectivity index (χ3v) is 7.15. The Hall–Kier alpha value is -4.63. The van der Waals surface area contributed by atoms with Gasteiger partial charge in [0.15, 0.2) is 0 Å². The van der Waals surface area contributed by atoms with Gasteiger partial charge in [-0.25, -0.2) is 4.79 Å². The zero-order valence-electron chi connectivity index (χ0n) is 20.4. The molecule has 0 bridgehead atoms. The number of nitrogen functional groups attached to an aromatic ring is 1. The van der Waals surface area contributed by atoms with Crippen molar-refractivity contribution in [3.8, 4) is 0 Å². The first kappa shape index (κ1) is 26.4. The number of nitrogens with two attached hydrogens (primary N) is 1. The van der Waals surface area contributed by atoms with Gasteiger partial charge >= 0.3 is 22.1 Å². The monoisotopic (exact) mass is 529 g/mol. The fourth-order valence-corrected chi connectivity index (χ4v) is 5.06. The molecule has 1 unspecified atom stereocenters. The van der Waals surface area contributed by atoms with E-state index < -0.39 is 28.0 Å². The number of carbonyl (C=O) groups excluding carboxylic acids is 2. The molecule has 4 rings (SSSR count). The maximum absolute atomic E-state index is 13.1. The van der Waals surface area contributed by atoms with Crippen LogP contribution in [0.15, 0.2) is 114 Å². The van der Waals surface area contributed by atoms with E-state index in [9.17, 15) is 18.0 Å². The Morgan fingerprint density at radius 2 is 1.39 bits per heavy atom. The van der Waals surface area contributed by atoms with Gasteiger partial charge in [-0.05, 0) is 34.9 Å². The van der Waals surface area contributed by atoms with Gasteiger partial charge in [0.05, 0.1) is 12.1 Å². The third kappa shape index (κ3) is 6.77. The summed E-state index contributed by atoms with van der Waals surface area (Å²) >= 11 is 0. The van der Waals surface area contributed by atoms with E-state index in [1.807, 2.05) is 60.7 Å². The number of rotatable bonds is 9. The second kappa shape index (κ2) is 12.1. The van der Waals surface area contributed by atoms with E-state index in [0.717, 1.165) is 11.1 Å². The minimum absolute atomic E-state index is 0.0159. The molecule has 0 heterocycles. The van der Waals surface area contributed by atoms with Gasteiger partial charge in [0.1, 0.15) is 4.90 Å². The van der Waals surface area contributed by atoms with Gasteiger partial charge in [-0.2, -0.15) is 8.42 Å². The number of hydrogen-bond acceptors (Lipinski definition) is 6. The minimum atomic E-state index is -4.55. The van der Waals surface area contributed by atoms with Crippen LogP contribution in [0.25, 0.3) is 0 Å². The third-order valence-electron chi connectivity index (χ3n) is 5.85. The molecule has 194 valence electrons. The van der Waals surface area contributed by atoms with E-state index in [4.69, 9.17) is 9.92 Å². The van der Waals surface area contributed by atoms with E-state index >= 15 is 0 Å². The van der Waals surface area contributed by atoms with Gasteiger partial charge in [-0.15, -0.1) is 0 Å². The van der Waals surface area contributed by atoms with Gasteiger partial charge in [0.25, 0.3) is 0 Å². The van der Waals surface area contributed by atoms with Crippen molar-refractivity contribution in [2.45, 2.75) is 23.8 Å². The van der Waals surface area contributed by atoms with Crippen LogP contribution in [0.4, 0.5) is 16.2 Å². The number of hydrogen-bond donors (Lipinski definition) is 3. The smallest absolute Gasteiger partial charge is 0.343 e. The molecule has 4 aromatic rings. The molecule has 2 amide bonds. The van der Waals surface area contributed by atoms with Crippen molar-refractivity contribution in [3.63, 3.8) is 0 Å². The fraction of sp³-hybridized carbons (Fsp3) is 0.103. The average Bonchev–Trinajstić information content (AvgIpc) is 2.92. The lowest BCUT2D eigenvalue weighted by atomic mass is 9.87. The van der Waals surface area contributed by atoms with Crippen LogP contribution < -0.4 is 16.4 Å². The Morgan fingerprint density at radius 1 is 0.789 bits per heavy atom. The predicted molar refractivity (Wildman–Crippen MR) is 146 cm³/mol. The summed E-state index contributed by atoms with van der Waals surface area (Å²) in [6.07, 6.45) is -0.259. The van der Waals surface area contributed by atoms with Crippen LogP contribution in [0.2, 0.25) is 0 Å². The van der Waals surface area contributed by atoms with Crippen molar-refractivity contribution in [1.29, 1.82) is 0 Å². The predicted octanol–water partition coefficient (Wildman–Crippen LogP) is 5.04. The number of para-hydroxylation sites is 2. The van der Waals surface area contributed by atoms with E-state index in [2.05, 4.69) is 10.6 Å². The van der Waals surface area contributed by atoms with Gasteiger partial charge in [-0.1, -0.05) is 91.0 Å². The van der Waals surface area contributed by atoms with E-state index in [0.29, 0.717) is 11.3 Å². The Kier molecular flexibility index (Phi) is 8.40. The molecule has 0 fully saturated rings. The second-order valence-corrected chi connectivity index (χ2v) is 10.0. The zero-order chi connectivity index (χ0) is 27.0. The van der Waals surface area contributed by atoms with Crippen LogP contribution in [-0.4, -0.2) is 20.4 Å². The van der Waals surface area contributed by atoms with Crippen LogP contribution in [-0.2, 0) is 25.6 Å². The molecule has 0 aliphatic rings. The van der Waals surface area contributed by atoms with E-state index in [1.54, 1.807) is 30.3 Å². The van der Waals surface area contributed by atoms with Crippen LogP contribution in [0.5, 0.6) is 0 Å². The average molecular weight is 530 g/mol. The maximum atomic E-state index is 13.1. The van der Waals surface area contributed by atoms with E-state index in [-0.39, 0.29) is 23.5 Å². The highest BCUT2D eigenvalue weighted by Crippen LogP contribution is 2.33. The summed E-state index contributed by atoms with van der Waals surface area (Å²) < 4.78 is 31.2. The highest BCUT2D eigenvalue weighted by atomic mass is 32.2. The SMILES string of the molecule is Nc1ccccc1C(CC(=O)OS(=O)(=O)c1ccccc1NC(=O)NCc1ccccc1)c1ccccc1. The molecule has 0 aliphatic heterocycles. The van der Waals surface area contributed by atoms with Gasteiger partial charge < -0.3 is 20.6 Å². The zero-order valence-corrected chi connectivity index (χ0v) is 21.2. The van der Waals surface area contributed by atoms with E-state index in [1.165, 1.54) is 18.2 Å². The molecule has 8 nitrogen and oxygen atoms in total. The van der Waals surface area contributed by atoms with Crippen LogP contribution in [0, 0.1) is 0 Å². The van der Waals surface area contributed by atoms with Crippen LogP contribution in [0.3, 0.4) is 0 Å². The highest BCUT2D eigenvalue weighted by molar-refractivity contribution is 7.87. The summed E-state index contributed by atoms with van der Waals surface area (Å²) in [7, 11) is -4.55. The molecular weight excluding hydrogens is 502 g/mol. The molecule has 0 saturated carbocycles. The Labute approximate surface area is 221 Å². The first-order valence-corrected chi connectivity index (χ1v) is 13.3. The standard InChI is InChI=1S/C29H27N3O5S/c30-25-16-8-7-15-23(25)24(22-13-5-2-6-14-22)19-28(33)37-38(35,36)27-18-10-9-17-26(27)32-29(34)31-20-21-11-3-1-4-12-21/h1-18,24H,19-20,30H2,(H2,31,32,34). The number of urea groups is 1. The summed E-state index contributed by atoms with van der Waals surface area (Å²) in [5.41, 5.74) is 8.98. The number of amides is 2. The fourth-order valence-electron chi connectivity index (χ4n) is 4.02. The largest absolute Gasteiger partial charge is 0.398 e. The van der Waals surface area contributed by atoms with Crippen molar-refractivity contribution in [3.05, 3.63) is 126 Å². The summed E-state index contributed by atoms with van der Waals surface area (Å²) in [5, 5.41) is 5.19. The Morgan fingerprint density at radius 3 is 2.11 bits per heavy atom. The second-order valence-electron chi connectivity index (χ2n) is 8.50. The summed E-state index contributed by atoms with van der Waals surface area (Å²) in [6.45, 7) is 0.250. The molecule has 0 aromatic heterocycles. The molecule has 9 heteroatoms. The molecule has 0 radical (unpaired) electrons. The van der Waals surface area contributed by atoms with Crippen LogP contribution >= 0.6 is 0 Å². The Bertz CT molecular complexity index is 1510. The summed E-state index contributed by atoms with van der Waals surface area (Å²) in [4.78, 5) is 25.1. The lowest BCUT2D eigenvalue weighted by Crippen LogP contribution is -2.29. The number of nitrogens with one attached hydrogen (secondary N) is 2. The van der Waals surface area contributed by atoms with Gasteiger partial charge in [-0.3, -0.25) is 4.79 Å². The molecule has 1 atom stereocenters. The summed E-state index contributed by atoms with van der Waals surface area (Å²) in [6, 6.07) is 30.7. The normalized spacial score (nSPS) is 11.8. The molecule has 4 N–H and O–H groups in total. The van der Waals surface area contributed by atoms with Gasteiger partial charge in [0.2, 0.25) is 0 Å². The van der Waals surface area contributed by atoms with Crippen molar-refractivity contribution in [2.24, 2.45) is 0 Å². The topological polar surface area (TPSA) is 128 Å². The first-order chi connectivity index (χ1) is 18.3. The molecular formula is C29H27N3O5S. The minimum Gasteiger partial charge on any atom is -0.398 e. The first-order valence-electron chi connectivity index (χ1n) is 11.9. The molecule has 0 aliphatic carbocycles. The van der Waals surface area contributed by atoms with Crippen LogP contribution in [0.1, 0.15) is 29.0 Å². The summed E-state index contributed by atoms with van der Waals surface area (Å²) in [5.74, 6) is -1.47. The molecule has 0 spiro atoms. The number of benzene rings is 4. The molecule has 0 saturated heterocycles. The Balaban J connectivity index is 1.49. The maximum Gasteiger partial charge on any atom is 0.343 e. The van der Waals surface area contributed by atoms with Crippen molar-refractivity contribution in [1.82, 2.24) is 5.32 Å². The quantitative estimate of drug-likeness (QED) is 0.206. The number of carbonyl (C=O) groups is 2. The molecule has 4 aromatic carbocycles. The van der Waals surface area contributed by atoms with Crippen molar-refractivity contribution in [2.75, 3.05) is 11.1 Å². The van der Waals surface area contributed by atoms with Gasteiger partial charge in [0, 0.05) is 18.2 Å². The van der Waals surface area contributed by atoms with Crippen molar-refractivity contribution >= 4 is 33.5 Å². The lowest BCUT2D eigenvalue weighted by molar-refractivity contribution is -0.134. The highest BCUT2D eigenvalue weighted by Gasteiger charge is 2.28. The lowest BCUT2D eigenvalue weighted by Gasteiger charge is -2.19. The number of anilines is 2. The molecule has 38 heavy (non-hydrogen) atoms. The van der Waals surface area contributed by atoms with Crippen molar-refractivity contribution < 1.29 is 22.2 Å².